The predicted molar refractivity (Wildman–Crippen MR) is 144 cm³/mol. The number of phenolic OH excluding ortho intramolecular Hbond substituents is 1. The van der Waals surface area contributed by atoms with Crippen molar-refractivity contribution < 1.29 is 34.2 Å². The summed E-state index contributed by atoms with van der Waals surface area (Å²) in [5.74, 6) is -4.17. The molecule has 0 aromatic heterocycles. The van der Waals surface area contributed by atoms with Gasteiger partial charge in [0, 0.05) is 12.8 Å². The summed E-state index contributed by atoms with van der Waals surface area (Å²) in [4.78, 5) is 62.2. The fraction of sp³-hybridized carbons (Fsp3) is 0.577. The van der Waals surface area contributed by atoms with Crippen LogP contribution < -0.4 is 33.2 Å². The van der Waals surface area contributed by atoms with Gasteiger partial charge in [0.25, 0.3) is 0 Å². The molecule has 0 bridgehead atoms. The Morgan fingerprint density at radius 3 is 1.92 bits per heavy atom. The molecule has 1 aromatic carbocycles. The average molecular weight is 551 g/mol. The standard InChI is InChI=1S/C26H42N6O7/c1-3-15(2)22(29)25(37)31-19(11-12-21(28)34)24(36)30-18(6-4-5-13-27)23(35)32-20(26(38)39)14-16-7-9-17(33)10-8-16/h7-10,15,18-20,22,33H,3-6,11-14,27,29H2,1-2H3,(H2,28,34)(H,30,36)(H,31,37)(H,32,35)(H,38,39). The van der Waals surface area contributed by atoms with E-state index in [1.807, 2.05) is 6.92 Å². The highest BCUT2D eigenvalue weighted by Crippen LogP contribution is 2.12. The number of amides is 4. The highest BCUT2D eigenvalue weighted by molar-refractivity contribution is 5.94. The lowest BCUT2D eigenvalue weighted by Gasteiger charge is -2.26. The van der Waals surface area contributed by atoms with Crippen molar-refractivity contribution in [2.45, 2.75) is 83.0 Å². The Kier molecular flexibility index (Phi) is 14.5. The molecule has 0 fully saturated rings. The largest absolute Gasteiger partial charge is 0.508 e. The van der Waals surface area contributed by atoms with E-state index in [4.69, 9.17) is 17.2 Å². The summed E-state index contributed by atoms with van der Waals surface area (Å²) in [5, 5.41) is 26.7. The normalized spacial score (nSPS) is 14.8. The van der Waals surface area contributed by atoms with Crippen molar-refractivity contribution in [1.82, 2.24) is 16.0 Å². The van der Waals surface area contributed by atoms with E-state index in [0.717, 1.165) is 0 Å². The molecule has 0 spiro atoms. The highest BCUT2D eigenvalue weighted by atomic mass is 16.4. The summed E-state index contributed by atoms with van der Waals surface area (Å²) in [5.41, 5.74) is 17.3. The predicted octanol–water partition coefficient (Wildman–Crippen LogP) is -0.758. The quantitative estimate of drug-likeness (QED) is 0.107. The van der Waals surface area contributed by atoms with E-state index in [2.05, 4.69) is 16.0 Å². The first-order chi connectivity index (χ1) is 18.4. The van der Waals surface area contributed by atoms with E-state index in [9.17, 15) is 34.2 Å². The molecule has 13 heteroatoms. The number of carboxylic acids is 1. The molecule has 5 unspecified atom stereocenters. The van der Waals surface area contributed by atoms with Gasteiger partial charge in [-0.3, -0.25) is 19.2 Å². The van der Waals surface area contributed by atoms with Crippen LogP contribution in [0.1, 0.15) is 57.9 Å². The summed E-state index contributed by atoms with van der Waals surface area (Å²) in [6.07, 6.45) is 1.43. The SMILES string of the molecule is CCC(C)C(N)C(=O)NC(CCC(N)=O)C(=O)NC(CCCCN)C(=O)NC(Cc1ccc(O)cc1)C(=O)O. The first kappa shape index (κ1) is 33.3. The minimum Gasteiger partial charge on any atom is -0.508 e. The number of hydrogen-bond donors (Lipinski definition) is 8. The third-order valence-electron chi connectivity index (χ3n) is 6.44. The van der Waals surface area contributed by atoms with Gasteiger partial charge in [0.2, 0.25) is 23.6 Å². The Morgan fingerprint density at radius 2 is 1.41 bits per heavy atom. The fourth-order valence-corrected chi connectivity index (χ4v) is 3.71. The lowest BCUT2D eigenvalue weighted by Crippen LogP contribution is -2.57. The van der Waals surface area contributed by atoms with Crippen molar-refractivity contribution in [3.63, 3.8) is 0 Å². The molecule has 0 saturated heterocycles. The fourth-order valence-electron chi connectivity index (χ4n) is 3.71. The van der Waals surface area contributed by atoms with Crippen molar-refractivity contribution in [3.8, 4) is 5.75 Å². The third-order valence-corrected chi connectivity index (χ3v) is 6.44. The van der Waals surface area contributed by atoms with Gasteiger partial charge in [-0.15, -0.1) is 0 Å². The lowest BCUT2D eigenvalue weighted by molar-refractivity contribution is -0.142. The molecule has 13 nitrogen and oxygen atoms in total. The van der Waals surface area contributed by atoms with Gasteiger partial charge in [-0.05, 0) is 55.8 Å². The number of carboxylic acid groups (broad SMARTS) is 1. The summed E-state index contributed by atoms with van der Waals surface area (Å²) in [6.45, 7) is 4.01. The molecule has 1 aromatic rings. The molecule has 0 radical (unpaired) electrons. The molecule has 0 aliphatic heterocycles. The first-order valence-electron chi connectivity index (χ1n) is 13.0. The van der Waals surface area contributed by atoms with Crippen LogP contribution >= 0.6 is 0 Å². The smallest absolute Gasteiger partial charge is 0.326 e. The van der Waals surface area contributed by atoms with E-state index in [1.54, 1.807) is 6.92 Å². The second kappa shape index (κ2) is 17.0. The first-order valence-corrected chi connectivity index (χ1v) is 13.0. The zero-order valence-electron chi connectivity index (χ0n) is 22.5. The Balaban J connectivity index is 3.07. The van der Waals surface area contributed by atoms with Crippen LogP contribution in [0.2, 0.25) is 0 Å². The number of phenols is 1. The number of nitrogens with one attached hydrogen (secondary N) is 3. The number of hydrogen-bond acceptors (Lipinski definition) is 8. The molecular weight excluding hydrogens is 508 g/mol. The number of carbonyl (C=O) groups excluding carboxylic acids is 4. The molecule has 0 aliphatic rings. The topological polar surface area (TPSA) is 240 Å². The van der Waals surface area contributed by atoms with Gasteiger partial charge in [-0.25, -0.2) is 4.79 Å². The van der Waals surface area contributed by atoms with E-state index in [1.165, 1.54) is 24.3 Å². The van der Waals surface area contributed by atoms with Crippen LogP contribution in [0.3, 0.4) is 0 Å². The minimum absolute atomic E-state index is 0.0143. The van der Waals surface area contributed by atoms with Crippen LogP contribution in [-0.4, -0.2) is 70.5 Å². The Labute approximate surface area is 228 Å². The number of unbranched alkanes of at least 4 members (excludes halogenated alkanes) is 1. The Bertz CT molecular complexity index is 972. The maximum absolute atomic E-state index is 13.2. The molecular formula is C26H42N6O7. The second-order valence-electron chi connectivity index (χ2n) is 9.59. The van der Waals surface area contributed by atoms with E-state index < -0.39 is 53.8 Å². The molecule has 218 valence electrons. The van der Waals surface area contributed by atoms with Crippen LogP contribution in [0.25, 0.3) is 0 Å². The maximum Gasteiger partial charge on any atom is 0.326 e. The van der Waals surface area contributed by atoms with Crippen LogP contribution in [0, 0.1) is 5.92 Å². The van der Waals surface area contributed by atoms with E-state index in [0.29, 0.717) is 31.4 Å². The van der Waals surface area contributed by atoms with Crippen molar-refractivity contribution in [3.05, 3.63) is 29.8 Å². The van der Waals surface area contributed by atoms with Crippen molar-refractivity contribution in [1.29, 1.82) is 0 Å². The van der Waals surface area contributed by atoms with Gasteiger partial charge < -0.3 is 43.4 Å². The van der Waals surface area contributed by atoms with Gasteiger partial charge in [0.15, 0.2) is 0 Å². The number of primary amides is 1. The molecule has 11 N–H and O–H groups in total. The zero-order valence-corrected chi connectivity index (χ0v) is 22.5. The molecule has 0 saturated carbocycles. The number of aliphatic carboxylic acids is 1. The van der Waals surface area contributed by atoms with Crippen LogP contribution in [0.4, 0.5) is 0 Å². The van der Waals surface area contributed by atoms with Gasteiger partial charge >= 0.3 is 5.97 Å². The second-order valence-corrected chi connectivity index (χ2v) is 9.59. The van der Waals surface area contributed by atoms with Crippen molar-refractivity contribution in [2.24, 2.45) is 23.1 Å². The molecule has 5 atom stereocenters. The van der Waals surface area contributed by atoms with Crippen molar-refractivity contribution in [2.75, 3.05) is 6.54 Å². The monoisotopic (exact) mass is 550 g/mol. The minimum atomic E-state index is -1.31. The third kappa shape index (κ3) is 12.1. The molecule has 39 heavy (non-hydrogen) atoms. The van der Waals surface area contributed by atoms with Gasteiger partial charge in [0.1, 0.15) is 23.9 Å². The maximum atomic E-state index is 13.2. The number of aromatic hydroxyl groups is 1. The number of nitrogens with two attached hydrogens (primary N) is 3. The molecule has 0 aliphatic carbocycles. The van der Waals surface area contributed by atoms with E-state index >= 15 is 0 Å². The summed E-state index contributed by atoms with van der Waals surface area (Å²) in [6, 6.07) is 1.34. The van der Waals surface area contributed by atoms with Gasteiger partial charge in [0.05, 0.1) is 6.04 Å². The number of rotatable bonds is 18. The Hall–Kier alpha value is -3.71. The summed E-state index contributed by atoms with van der Waals surface area (Å²) < 4.78 is 0. The van der Waals surface area contributed by atoms with Crippen LogP contribution in [0.15, 0.2) is 24.3 Å². The zero-order chi connectivity index (χ0) is 29.5. The lowest BCUT2D eigenvalue weighted by atomic mass is 9.98. The number of carbonyl (C=O) groups is 5. The summed E-state index contributed by atoms with van der Waals surface area (Å²) >= 11 is 0. The van der Waals surface area contributed by atoms with E-state index in [-0.39, 0.29) is 37.4 Å². The number of benzene rings is 1. The van der Waals surface area contributed by atoms with Crippen molar-refractivity contribution >= 4 is 29.6 Å². The molecule has 4 amide bonds. The summed E-state index contributed by atoms with van der Waals surface area (Å²) in [7, 11) is 0. The molecule has 1 rings (SSSR count). The van der Waals surface area contributed by atoms with Crippen LogP contribution in [-0.2, 0) is 30.4 Å². The highest BCUT2D eigenvalue weighted by Gasteiger charge is 2.31. The average Bonchev–Trinajstić information content (AvgIpc) is 2.89. The van der Waals surface area contributed by atoms with Gasteiger partial charge in [-0.1, -0.05) is 32.4 Å². The Morgan fingerprint density at radius 1 is 0.872 bits per heavy atom. The van der Waals surface area contributed by atoms with Crippen LogP contribution in [0.5, 0.6) is 5.75 Å². The van der Waals surface area contributed by atoms with Gasteiger partial charge in [-0.2, -0.15) is 0 Å². The molecule has 0 heterocycles.